The molecule has 0 radical (unpaired) electrons. The van der Waals surface area contributed by atoms with Crippen molar-refractivity contribution in [2.24, 2.45) is 10.8 Å². The molecule has 1 unspecified atom stereocenters. The van der Waals surface area contributed by atoms with Crippen LogP contribution in [0.4, 0.5) is 0 Å². The number of allylic oxidation sites excluding steroid dienone is 11. The van der Waals surface area contributed by atoms with Crippen LogP contribution >= 0.6 is 0 Å². The first-order chi connectivity index (χ1) is 18.8. The Kier molecular flexibility index (Phi) is 12.9. The summed E-state index contributed by atoms with van der Waals surface area (Å²) in [6.45, 7) is 21.6. The highest BCUT2D eigenvalue weighted by molar-refractivity contribution is 5.84. The fraction of sp³-hybridized carbons (Fsp3) is 0.447. The van der Waals surface area contributed by atoms with Gasteiger partial charge >= 0.3 is 5.97 Å². The molecule has 0 fully saturated rings. The first-order valence-corrected chi connectivity index (χ1v) is 14.8. The van der Waals surface area contributed by atoms with Crippen molar-refractivity contribution in [3.05, 3.63) is 107 Å². The van der Waals surface area contributed by atoms with Crippen molar-refractivity contribution in [2.45, 2.75) is 100 Å². The molecule has 0 aromatic heterocycles. The van der Waals surface area contributed by atoms with Gasteiger partial charge in [0.05, 0.1) is 0 Å². The highest BCUT2D eigenvalue weighted by Gasteiger charge is 2.26. The highest BCUT2D eigenvalue weighted by atomic mass is 16.5. The molecule has 2 rings (SSSR count). The molecule has 40 heavy (non-hydrogen) atoms. The summed E-state index contributed by atoms with van der Waals surface area (Å²) in [4.78, 5) is 12.5. The molecule has 0 heterocycles. The van der Waals surface area contributed by atoms with Crippen LogP contribution in [-0.4, -0.2) is 5.97 Å². The summed E-state index contributed by atoms with van der Waals surface area (Å²) in [6, 6.07) is 7.64. The van der Waals surface area contributed by atoms with Gasteiger partial charge in [0.2, 0.25) is 0 Å². The Bertz CT molecular complexity index is 1190. The van der Waals surface area contributed by atoms with Crippen LogP contribution in [0.25, 0.3) is 6.08 Å². The Morgan fingerprint density at radius 3 is 2.38 bits per heavy atom. The Morgan fingerprint density at radius 1 is 1.05 bits per heavy atom. The van der Waals surface area contributed by atoms with E-state index in [1.54, 1.807) is 6.08 Å². The van der Waals surface area contributed by atoms with E-state index in [2.05, 4.69) is 91.5 Å². The van der Waals surface area contributed by atoms with E-state index in [9.17, 15) is 4.79 Å². The number of carbonyl (C=O) groups is 1. The number of hydrogen-bond acceptors (Lipinski definition) is 2. The average Bonchev–Trinajstić information content (AvgIpc) is 2.87. The third kappa shape index (κ3) is 11.5. The lowest BCUT2D eigenvalue weighted by Gasteiger charge is -2.32. The molecule has 0 amide bonds. The zero-order chi connectivity index (χ0) is 29.8. The van der Waals surface area contributed by atoms with E-state index in [0.29, 0.717) is 5.75 Å². The third-order valence-corrected chi connectivity index (χ3v) is 7.88. The Balaban J connectivity index is 1.87. The minimum absolute atomic E-state index is 0.0632. The molecule has 1 atom stereocenters. The molecule has 0 N–H and O–H groups in total. The van der Waals surface area contributed by atoms with Gasteiger partial charge in [-0.3, -0.25) is 0 Å². The van der Waals surface area contributed by atoms with Crippen LogP contribution in [0.1, 0.15) is 106 Å². The molecule has 1 aliphatic rings. The standard InChI is InChI=1S/C38H52O2/c1-10-38(9,26-12-14-29(2)3)27-24-33-19-21-34(22-20-33)40-36(39)28-31(5)16-11-15-30(4)18-23-35-32(6)17-13-25-37(35,7)8/h10,14-15,18-24,27-28H,1,11-13,16-17,25-26H2,2-9H3/b23-18+,27-24+,30-15+,31-28+. The monoisotopic (exact) mass is 540 g/mol. The average molecular weight is 541 g/mol. The fourth-order valence-corrected chi connectivity index (χ4v) is 5.10. The van der Waals surface area contributed by atoms with Crippen LogP contribution in [0.15, 0.2) is 101 Å². The minimum atomic E-state index is -0.332. The highest BCUT2D eigenvalue weighted by Crippen LogP contribution is 2.40. The van der Waals surface area contributed by atoms with Gasteiger partial charge in [0.25, 0.3) is 0 Å². The summed E-state index contributed by atoms with van der Waals surface area (Å²) in [5, 5.41) is 0. The lowest BCUT2D eigenvalue weighted by molar-refractivity contribution is -0.129. The molecule has 1 aliphatic carbocycles. The number of benzene rings is 1. The van der Waals surface area contributed by atoms with Gasteiger partial charge in [-0.2, -0.15) is 0 Å². The molecule has 0 saturated heterocycles. The van der Waals surface area contributed by atoms with Gasteiger partial charge in [-0.1, -0.05) is 97.7 Å². The molecule has 0 bridgehead atoms. The molecular formula is C38H52O2. The molecule has 0 saturated carbocycles. The first kappa shape index (κ1) is 33.1. The summed E-state index contributed by atoms with van der Waals surface area (Å²) in [5.41, 5.74) is 7.88. The van der Waals surface area contributed by atoms with Gasteiger partial charge in [-0.15, -0.1) is 6.58 Å². The van der Waals surface area contributed by atoms with E-state index >= 15 is 0 Å². The van der Waals surface area contributed by atoms with Crippen molar-refractivity contribution in [3.8, 4) is 5.75 Å². The molecule has 0 spiro atoms. The molecule has 1 aromatic rings. The SMILES string of the molecule is C=CC(C)(/C=C/c1ccc(OC(=O)/C=C(\C)CC/C=C(C)/C=C/C2=C(C)CCCC2(C)C)cc1)CCC=C(C)C. The molecule has 2 heteroatoms. The van der Waals surface area contributed by atoms with Crippen LogP contribution < -0.4 is 4.74 Å². The normalized spacial score (nSPS) is 17.7. The number of hydrogen-bond donors (Lipinski definition) is 0. The van der Waals surface area contributed by atoms with E-state index < -0.39 is 0 Å². The van der Waals surface area contributed by atoms with E-state index in [1.807, 2.05) is 37.3 Å². The van der Waals surface area contributed by atoms with Crippen LogP contribution in [0.2, 0.25) is 0 Å². The number of rotatable bonds is 13. The van der Waals surface area contributed by atoms with Crippen LogP contribution in [0, 0.1) is 10.8 Å². The van der Waals surface area contributed by atoms with Crippen LogP contribution in [-0.2, 0) is 4.79 Å². The molecule has 1 aromatic carbocycles. The van der Waals surface area contributed by atoms with Crippen molar-refractivity contribution in [1.29, 1.82) is 0 Å². The van der Waals surface area contributed by atoms with Crippen molar-refractivity contribution < 1.29 is 9.53 Å². The topological polar surface area (TPSA) is 26.3 Å². The maximum absolute atomic E-state index is 12.5. The lowest BCUT2D eigenvalue weighted by atomic mass is 9.72. The van der Waals surface area contributed by atoms with Crippen molar-refractivity contribution in [1.82, 2.24) is 0 Å². The molecule has 0 aliphatic heterocycles. The summed E-state index contributed by atoms with van der Waals surface area (Å²) in [6.07, 6.45) is 24.5. The fourth-order valence-electron chi connectivity index (χ4n) is 5.10. The van der Waals surface area contributed by atoms with Gasteiger partial charge in [0.15, 0.2) is 0 Å². The van der Waals surface area contributed by atoms with Gasteiger partial charge in [-0.25, -0.2) is 4.79 Å². The van der Waals surface area contributed by atoms with Crippen LogP contribution in [0.5, 0.6) is 5.75 Å². The smallest absolute Gasteiger partial charge is 0.336 e. The summed E-state index contributed by atoms with van der Waals surface area (Å²) < 4.78 is 5.55. The number of carbonyl (C=O) groups excluding carboxylic acids is 1. The van der Waals surface area contributed by atoms with E-state index in [1.165, 1.54) is 41.6 Å². The van der Waals surface area contributed by atoms with Crippen molar-refractivity contribution >= 4 is 12.0 Å². The predicted molar refractivity (Wildman–Crippen MR) is 174 cm³/mol. The van der Waals surface area contributed by atoms with Gasteiger partial charge < -0.3 is 4.74 Å². The van der Waals surface area contributed by atoms with Gasteiger partial charge in [0, 0.05) is 11.5 Å². The van der Waals surface area contributed by atoms with Gasteiger partial charge in [0.1, 0.15) is 5.75 Å². The second kappa shape index (κ2) is 15.6. The maximum atomic E-state index is 12.5. The zero-order valence-electron chi connectivity index (χ0n) is 26.4. The maximum Gasteiger partial charge on any atom is 0.336 e. The predicted octanol–water partition coefficient (Wildman–Crippen LogP) is 11.3. The van der Waals surface area contributed by atoms with Crippen LogP contribution in [0.3, 0.4) is 0 Å². The quantitative estimate of drug-likeness (QED) is 0.0817. The third-order valence-electron chi connectivity index (χ3n) is 7.88. The summed E-state index contributed by atoms with van der Waals surface area (Å²) in [7, 11) is 0. The first-order valence-electron chi connectivity index (χ1n) is 14.8. The lowest BCUT2D eigenvalue weighted by Crippen LogP contribution is -2.19. The second-order valence-electron chi connectivity index (χ2n) is 12.6. The molecule has 2 nitrogen and oxygen atoms in total. The van der Waals surface area contributed by atoms with Crippen molar-refractivity contribution in [3.63, 3.8) is 0 Å². The Morgan fingerprint density at radius 2 is 1.75 bits per heavy atom. The van der Waals surface area contributed by atoms with E-state index in [0.717, 1.165) is 36.8 Å². The Labute approximate surface area is 245 Å². The summed E-state index contributed by atoms with van der Waals surface area (Å²) in [5.74, 6) is 0.221. The Hall–Kier alpha value is -3.13. The molecule has 216 valence electrons. The van der Waals surface area contributed by atoms with Crippen molar-refractivity contribution in [2.75, 3.05) is 0 Å². The minimum Gasteiger partial charge on any atom is -0.423 e. The van der Waals surface area contributed by atoms with E-state index in [-0.39, 0.29) is 16.8 Å². The van der Waals surface area contributed by atoms with E-state index in [4.69, 9.17) is 4.74 Å². The van der Waals surface area contributed by atoms with Gasteiger partial charge in [-0.05, 0) is 108 Å². The zero-order valence-corrected chi connectivity index (χ0v) is 26.4. The number of esters is 1. The molecular weight excluding hydrogens is 488 g/mol. The second-order valence-corrected chi connectivity index (χ2v) is 12.6. The largest absolute Gasteiger partial charge is 0.423 e. The summed E-state index contributed by atoms with van der Waals surface area (Å²) >= 11 is 0. The number of ether oxygens (including phenoxy) is 1.